The minimum absolute atomic E-state index is 0.118. The van der Waals surface area contributed by atoms with Crippen molar-refractivity contribution in [1.82, 2.24) is 15.5 Å². The number of hydrogen-bond acceptors (Lipinski definition) is 5. The van der Waals surface area contributed by atoms with Gasteiger partial charge >= 0.3 is 6.18 Å². The Hall–Kier alpha value is -2.81. The van der Waals surface area contributed by atoms with Crippen LogP contribution in [0.15, 0.2) is 41.1 Å². The van der Waals surface area contributed by atoms with Crippen molar-refractivity contribution < 1.29 is 22.5 Å². The Labute approximate surface area is 174 Å². The van der Waals surface area contributed by atoms with E-state index in [0.29, 0.717) is 22.5 Å². The average Bonchev–Trinajstić information content (AvgIpc) is 3.23. The molecule has 0 aliphatic heterocycles. The zero-order valence-electron chi connectivity index (χ0n) is 15.7. The van der Waals surface area contributed by atoms with Crippen LogP contribution in [0.1, 0.15) is 41.9 Å². The quantitative estimate of drug-likeness (QED) is 0.596. The molecule has 10 heteroatoms. The van der Waals surface area contributed by atoms with Gasteiger partial charge in [-0.25, -0.2) is 4.98 Å². The maximum absolute atomic E-state index is 13.3. The third kappa shape index (κ3) is 4.51. The molecule has 1 aromatic carbocycles. The fourth-order valence-corrected chi connectivity index (χ4v) is 3.90. The summed E-state index contributed by atoms with van der Waals surface area (Å²) >= 11 is 6.05. The molecular formula is C20H18ClF3N4O2. The molecule has 0 unspecified atom stereocenters. The number of carbonyl (C=O) groups excluding carboxylic acids is 1. The Morgan fingerprint density at radius 1 is 1.17 bits per heavy atom. The van der Waals surface area contributed by atoms with Gasteiger partial charge in [-0.05, 0) is 49.9 Å². The molecule has 1 saturated carbocycles. The van der Waals surface area contributed by atoms with Crippen molar-refractivity contribution in [3.63, 3.8) is 0 Å². The van der Waals surface area contributed by atoms with Crippen molar-refractivity contribution in [3.8, 4) is 0 Å². The van der Waals surface area contributed by atoms with E-state index in [1.54, 1.807) is 6.07 Å². The van der Waals surface area contributed by atoms with Crippen molar-refractivity contribution in [2.24, 2.45) is 0 Å². The summed E-state index contributed by atoms with van der Waals surface area (Å²) in [6.45, 7) is 0. The fourth-order valence-electron chi connectivity index (χ4n) is 3.72. The van der Waals surface area contributed by atoms with E-state index in [0.717, 1.165) is 25.3 Å². The first-order chi connectivity index (χ1) is 14.3. The summed E-state index contributed by atoms with van der Waals surface area (Å²) < 4.78 is 44.6. The number of alkyl halides is 3. The molecule has 30 heavy (non-hydrogen) atoms. The molecule has 1 amide bonds. The van der Waals surface area contributed by atoms with Gasteiger partial charge < -0.3 is 15.2 Å². The molecule has 3 aromatic rings. The maximum Gasteiger partial charge on any atom is 0.433 e. The van der Waals surface area contributed by atoms with Crippen molar-refractivity contribution in [3.05, 3.63) is 53.0 Å². The maximum atomic E-state index is 13.3. The lowest BCUT2D eigenvalue weighted by molar-refractivity contribution is -0.140. The first-order valence-corrected chi connectivity index (χ1v) is 9.82. The van der Waals surface area contributed by atoms with Gasteiger partial charge in [0.05, 0.1) is 5.52 Å². The van der Waals surface area contributed by atoms with Crippen molar-refractivity contribution in [2.75, 3.05) is 5.32 Å². The van der Waals surface area contributed by atoms with Crippen LogP contribution in [-0.2, 0) is 6.18 Å². The first kappa shape index (κ1) is 20.5. The predicted molar refractivity (Wildman–Crippen MR) is 105 cm³/mol. The van der Waals surface area contributed by atoms with Gasteiger partial charge in [0.15, 0.2) is 5.69 Å². The first-order valence-electron chi connectivity index (χ1n) is 9.45. The minimum Gasteiger partial charge on any atom is -0.382 e. The highest BCUT2D eigenvalue weighted by atomic mass is 35.5. The Balaban J connectivity index is 1.55. The molecule has 0 saturated heterocycles. The number of halogens is 4. The second kappa shape index (κ2) is 8.14. The summed E-state index contributed by atoms with van der Waals surface area (Å²) in [5.41, 5.74) is -0.243. The number of carbonyl (C=O) groups is 1. The van der Waals surface area contributed by atoms with E-state index in [2.05, 4.69) is 25.3 Å². The van der Waals surface area contributed by atoms with E-state index < -0.39 is 11.9 Å². The third-order valence-corrected chi connectivity index (χ3v) is 5.34. The molecule has 0 spiro atoms. The lowest BCUT2D eigenvalue weighted by atomic mass is 9.90. The number of hydrogen-bond donors (Lipinski definition) is 2. The normalized spacial score (nSPS) is 19.6. The highest BCUT2D eigenvalue weighted by molar-refractivity contribution is 6.31. The molecule has 1 aliphatic carbocycles. The van der Waals surface area contributed by atoms with Gasteiger partial charge in [-0.1, -0.05) is 16.8 Å². The van der Waals surface area contributed by atoms with Crippen LogP contribution in [0.5, 0.6) is 0 Å². The molecular weight excluding hydrogens is 421 g/mol. The number of nitrogens with zero attached hydrogens (tertiary/aromatic N) is 2. The van der Waals surface area contributed by atoms with Crippen LogP contribution in [0.4, 0.5) is 18.9 Å². The smallest absolute Gasteiger partial charge is 0.382 e. The van der Waals surface area contributed by atoms with Crippen molar-refractivity contribution in [1.29, 1.82) is 0 Å². The van der Waals surface area contributed by atoms with E-state index >= 15 is 0 Å². The Morgan fingerprint density at radius 2 is 1.97 bits per heavy atom. The largest absolute Gasteiger partial charge is 0.433 e. The number of fused-ring (bicyclic) bond motifs is 1. The lowest BCUT2D eigenvalue weighted by Crippen LogP contribution is -2.42. The SMILES string of the molecule is O=C(N[C@@H]1CCC[C@H](Nc2cc(C(F)(F)F)nc3ccc(Cl)cc23)C1)c1ccon1. The van der Waals surface area contributed by atoms with Crippen molar-refractivity contribution >= 4 is 34.1 Å². The van der Waals surface area contributed by atoms with E-state index in [1.807, 2.05) is 0 Å². The van der Waals surface area contributed by atoms with Crippen LogP contribution in [0.3, 0.4) is 0 Å². The predicted octanol–water partition coefficient (Wildman–Crippen LogP) is 5.05. The van der Waals surface area contributed by atoms with E-state index in [-0.39, 0.29) is 29.2 Å². The van der Waals surface area contributed by atoms with Crippen LogP contribution < -0.4 is 10.6 Å². The molecule has 4 rings (SSSR count). The van der Waals surface area contributed by atoms with Gasteiger partial charge in [0, 0.05) is 34.2 Å². The molecule has 2 aromatic heterocycles. The minimum atomic E-state index is -4.56. The third-order valence-electron chi connectivity index (χ3n) is 5.10. The molecule has 0 bridgehead atoms. The highest BCUT2D eigenvalue weighted by Crippen LogP contribution is 2.35. The van der Waals surface area contributed by atoms with Gasteiger partial charge in [0.25, 0.3) is 5.91 Å². The van der Waals surface area contributed by atoms with Crippen molar-refractivity contribution in [2.45, 2.75) is 43.9 Å². The molecule has 2 heterocycles. The van der Waals surface area contributed by atoms with Gasteiger partial charge in [-0.15, -0.1) is 0 Å². The van der Waals surface area contributed by atoms with Gasteiger partial charge in [0.1, 0.15) is 12.0 Å². The summed E-state index contributed by atoms with van der Waals surface area (Å²) in [7, 11) is 0. The standard InChI is InChI=1S/C20H18ClF3N4O2/c21-11-4-5-15-14(8-11)17(10-18(27-15)20(22,23)24)25-12-2-1-3-13(9-12)26-19(29)16-6-7-30-28-16/h4-8,10,12-13H,1-3,9H2,(H,25,27)(H,26,29)/t12-,13+/m0/s1. The van der Waals surface area contributed by atoms with E-state index in [4.69, 9.17) is 11.6 Å². The Morgan fingerprint density at radius 3 is 2.70 bits per heavy atom. The van der Waals surface area contributed by atoms with E-state index in [1.165, 1.54) is 24.5 Å². The molecule has 6 nitrogen and oxygen atoms in total. The van der Waals surface area contributed by atoms with Crippen LogP contribution in [-0.4, -0.2) is 28.1 Å². The number of pyridine rings is 1. The lowest BCUT2D eigenvalue weighted by Gasteiger charge is -2.31. The topological polar surface area (TPSA) is 80.0 Å². The average molecular weight is 439 g/mol. The Kier molecular flexibility index (Phi) is 5.55. The second-order valence-corrected chi connectivity index (χ2v) is 7.71. The van der Waals surface area contributed by atoms with Crippen LogP contribution in [0, 0.1) is 0 Å². The van der Waals surface area contributed by atoms with Crippen LogP contribution in [0.25, 0.3) is 10.9 Å². The Bertz CT molecular complexity index is 1060. The van der Waals surface area contributed by atoms with Crippen LogP contribution in [0.2, 0.25) is 5.02 Å². The number of amides is 1. The number of nitrogens with one attached hydrogen (secondary N) is 2. The van der Waals surface area contributed by atoms with Gasteiger partial charge in [-0.2, -0.15) is 13.2 Å². The van der Waals surface area contributed by atoms with Gasteiger partial charge in [0.2, 0.25) is 0 Å². The summed E-state index contributed by atoms with van der Waals surface area (Å²) in [4.78, 5) is 15.9. The van der Waals surface area contributed by atoms with Gasteiger partial charge in [-0.3, -0.25) is 4.79 Å². The molecule has 2 N–H and O–H groups in total. The highest BCUT2D eigenvalue weighted by Gasteiger charge is 2.34. The molecule has 1 fully saturated rings. The molecule has 1 aliphatic rings. The molecule has 158 valence electrons. The second-order valence-electron chi connectivity index (χ2n) is 7.28. The van der Waals surface area contributed by atoms with E-state index in [9.17, 15) is 18.0 Å². The summed E-state index contributed by atoms with van der Waals surface area (Å²) in [6.07, 6.45) is -0.323. The fraction of sp³-hybridized carbons (Fsp3) is 0.350. The zero-order valence-corrected chi connectivity index (χ0v) is 16.4. The van der Waals surface area contributed by atoms with Crippen LogP contribution >= 0.6 is 11.6 Å². The summed E-state index contributed by atoms with van der Waals surface area (Å²) in [5.74, 6) is -0.338. The number of aromatic nitrogens is 2. The number of rotatable bonds is 4. The molecule has 0 radical (unpaired) electrons. The summed E-state index contributed by atoms with van der Waals surface area (Å²) in [5, 5.41) is 10.7. The number of anilines is 1. The number of benzene rings is 1. The molecule has 2 atom stereocenters. The summed E-state index contributed by atoms with van der Waals surface area (Å²) in [6, 6.07) is 6.82. The zero-order chi connectivity index (χ0) is 21.3. The monoisotopic (exact) mass is 438 g/mol.